The van der Waals surface area contributed by atoms with Crippen LogP contribution >= 0.6 is 0 Å². The lowest BCUT2D eigenvalue weighted by atomic mass is 9.94. The van der Waals surface area contributed by atoms with Crippen molar-refractivity contribution in [2.45, 2.75) is 51.0 Å². The van der Waals surface area contributed by atoms with E-state index in [4.69, 9.17) is 0 Å². The van der Waals surface area contributed by atoms with Gasteiger partial charge in [-0.1, -0.05) is 31.4 Å². The summed E-state index contributed by atoms with van der Waals surface area (Å²) in [6.45, 7) is 1.76. The van der Waals surface area contributed by atoms with E-state index in [1.165, 1.54) is 37.6 Å². The summed E-state index contributed by atoms with van der Waals surface area (Å²) in [5.74, 6) is -1.22. The van der Waals surface area contributed by atoms with Crippen LogP contribution in [0.3, 0.4) is 0 Å². The number of aromatic nitrogens is 1. The van der Waals surface area contributed by atoms with Crippen molar-refractivity contribution in [1.82, 2.24) is 4.57 Å². The Morgan fingerprint density at radius 3 is 2.70 bits per heavy atom. The fraction of sp³-hybridized carbons (Fsp3) is 0.471. The zero-order valence-electron chi connectivity index (χ0n) is 11.9. The molecule has 1 unspecified atom stereocenters. The minimum atomic E-state index is -0.761. The molecule has 1 aliphatic rings. The Bertz CT molecular complexity index is 623. The average molecular weight is 271 g/mol. The second-order valence-corrected chi connectivity index (χ2v) is 5.85. The van der Waals surface area contributed by atoms with Crippen LogP contribution in [-0.4, -0.2) is 15.6 Å². The topological polar surface area (TPSA) is 42.2 Å². The summed E-state index contributed by atoms with van der Waals surface area (Å²) in [7, 11) is 0. The van der Waals surface area contributed by atoms with Crippen molar-refractivity contribution in [3.05, 3.63) is 36.0 Å². The highest BCUT2D eigenvalue weighted by atomic mass is 16.4. The van der Waals surface area contributed by atoms with Crippen molar-refractivity contribution >= 4 is 16.9 Å². The normalized spacial score (nSPS) is 18.2. The second kappa shape index (κ2) is 5.31. The Morgan fingerprint density at radius 2 is 2.00 bits per heavy atom. The van der Waals surface area contributed by atoms with Gasteiger partial charge in [0.1, 0.15) is 0 Å². The summed E-state index contributed by atoms with van der Waals surface area (Å²) in [6, 6.07) is 8.69. The molecule has 1 N–H and O–H groups in total. The van der Waals surface area contributed by atoms with E-state index in [-0.39, 0.29) is 0 Å². The van der Waals surface area contributed by atoms with Gasteiger partial charge >= 0.3 is 5.97 Å². The molecule has 1 fully saturated rings. The lowest BCUT2D eigenvalue weighted by molar-refractivity contribution is -0.138. The van der Waals surface area contributed by atoms with Gasteiger partial charge in [0.25, 0.3) is 0 Å². The lowest BCUT2D eigenvalue weighted by Gasteiger charge is -2.24. The van der Waals surface area contributed by atoms with Crippen LogP contribution in [0.1, 0.15) is 56.6 Å². The van der Waals surface area contributed by atoms with E-state index in [1.54, 1.807) is 6.92 Å². The molecular weight excluding hydrogens is 250 g/mol. The highest BCUT2D eigenvalue weighted by Gasteiger charge is 2.20. The van der Waals surface area contributed by atoms with E-state index in [0.29, 0.717) is 6.04 Å². The lowest BCUT2D eigenvalue weighted by Crippen LogP contribution is -2.12. The molecule has 3 heteroatoms. The molecule has 3 nitrogen and oxygen atoms in total. The van der Waals surface area contributed by atoms with Crippen LogP contribution in [0.25, 0.3) is 10.9 Å². The molecule has 0 aliphatic heterocycles. The highest BCUT2D eigenvalue weighted by Crippen LogP contribution is 2.34. The van der Waals surface area contributed by atoms with E-state index in [1.807, 2.05) is 12.1 Å². The number of rotatable bonds is 3. The summed E-state index contributed by atoms with van der Waals surface area (Å²) in [5, 5.41) is 10.3. The minimum Gasteiger partial charge on any atom is -0.481 e. The van der Waals surface area contributed by atoms with Crippen LogP contribution in [0.5, 0.6) is 0 Å². The molecule has 1 aromatic carbocycles. The first-order valence-corrected chi connectivity index (χ1v) is 7.50. The quantitative estimate of drug-likeness (QED) is 0.902. The standard InChI is InChI=1S/C17H21NO2/c1-12(17(19)20)14-8-5-9-16-15(14)10-11-18(16)13-6-3-2-4-7-13/h5,8-13H,2-4,6-7H2,1H3,(H,19,20). The molecule has 20 heavy (non-hydrogen) atoms. The number of fused-ring (bicyclic) bond motifs is 1. The Hall–Kier alpha value is -1.77. The first kappa shape index (κ1) is 13.2. The Labute approximate surface area is 119 Å². The molecule has 1 aliphatic carbocycles. The number of hydrogen-bond donors (Lipinski definition) is 1. The van der Waals surface area contributed by atoms with Crippen molar-refractivity contribution in [1.29, 1.82) is 0 Å². The molecule has 106 valence electrons. The molecule has 0 saturated heterocycles. The third-order valence-corrected chi connectivity index (χ3v) is 4.60. The molecule has 0 spiro atoms. The van der Waals surface area contributed by atoms with Gasteiger partial charge in [-0.05, 0) is 37.5 Å². The van der Waals surface area contributed by atoms with E-state index >= 15 is 0 Å². The number of nitrogens with zero attached hydrogens (tertiary/aromatic N) is 1. The van der Waals surface area contributed by atoms with Gasteiger partial charge in [-0.3, -0.25) is 4.79 Å². The predicted molar refractivity (Wildman–Crippen MR) is 80.1 cm³/mol. The fourth-order valence-corrected chi connectivity index (χ4v) is 3.40. The maximum absolute atomic E-state index is 11.2. The van der Waals surface area contributed by atoms with Crippen LogP contribution in [-0.2, 0) is 4.79 Å². The van der Waals surface area contributed by atoms with E-state index < -0.39 is 11.9 Å². The van der Waals surface area contributed by atoms with Crippen LogP contribution in [0.2, 0.25) is 0 Å². The van der Waals surface area contributed by atoms with Gasteiger partial charge in [0, 0.05) is 23.1 Å². The molecule has 3 rings (SSSR count). The first-order chi connectivity index (χ1) is 9.68. The van der Waals surface area contributed by atoms with E-state index in [9.17, 15) is 9.90 Å². The highest BCUT2D eigenvalue weighted by molar-refractivity contribution is 5.89. The smallest absolute Gasteiger partial charge is 0.310 e. The summed E-state index contributed by atoms with van der Waals surface area (Å²) in [4.78, 5) is 11.2. The molecular formula is C17H21NO2. The molecule has 2 aromatic rings. The van der Waals surface area contributed by atoms with Gasteiger partial charge in [0.05, 0.1) is 5.92 Å². The largest absolute Gasteiger partial charge is 0.481 e. The van der Waals surface area contributed by atoms with Crippen molar-refractivity contribution in [2.24, 2.45) is 0 Å². The Morgan fingerprint density at radius 1 is 1.25 bits per heavy atom. The Balaban J connectivity index is 2.04. The molecule has 1 heterocycles. The predicted octanol–water partition coefficient (Wildman–Crippen LogP) is 4.33. The molecule has 1 aromatic heterocycles. The summed E-state index contributed by atoms with van der Waals surface area (Å²) < 4.78 is 2.35. The van der Waals surface area contributed by atoms with Gasteiger partial charge in [-0.25, -0.2) is 0 Å². The van der Waals surface area contributed by atoms with Crippen LogP contribution in [0.4, 0.5) is 0 Å². The summed E-state index contributed by atoms with van der Waals surface area (Å²) in [5.41, 5.74) is 2.10. The van der Waals surface area contributed by atoms with Gasteiger partial charge in [-0.2, -0.15) is 0 Å². The van der Waals surface area contributed by atoms with Crippen LogP contribution < -0.4 is 0 Å². The molecule has 1 saturated carbocycles. The second-order valence-electron chi connectivity index (χ2n) is 5.85. The molecule has 0 radical (unpaired) electrons. The Kier molecular flexibility index (Phi) is 3.51. The van der Waals surface area contributed by atoms with Gasteiger partial charge in [0.15, 0.2) is 0 Å². The number of carboxylic acids is 1. The van der Waals surface area contributed by atoms with Crippen molar-refractivity contribution in [3.8, 4) is 0 Å². The first-order valence-electron chi connectivity index (χ1n) is 7.50. The fourth-order valence-electron chi connectivity index (χ4n) is 3.40. The zero-order valence-corrected chi connectivity index (χ0v) is 11.9. The molecule has 0 amide bonds. The van der Waals surface area contributed by atoms with Crippen LogP contribution in [0.15, 0.2) is 30.5 Å². The third-order valence-electron chi connectivity index (χ3n) is 4.60. The number of benzene rings is 1. The maximum Gasteiger partial charge on any atom is 0.310 e. The van der Waals surface area contributed by atoms with Crippen LogP contribution in [0, 0.1) is 0 Å². The van der Waals surface area contributed by atoms with Gasteiger partial charge < -0.3 is 9.67 Å². The number of hydrogen-bond acceptors (Lipinski definition) is 1. The SMILES string of the molecule is CC(C(=O)O)c1cccc2c1ccn2C1CCCCC1. The third kappa shape index (κ3) is 2.21. The average Bonchev–Trinajstić information content (AvgIpc) is 2.91. The summed E-state index contributed by atoms with van der Waals surface area (Å²) >= 11 is 0. The van der Waals surface area contributed by atoms with Crippen molar-refractivity contribution in [3.63, 3.8) is 0 Å². The van der Waals surface area contributed by atoms with E-state index in [2.05, 4.69) is 22.9 Å². The van der Waals surface area contributed by atoms with E-state index in [0.717, 1.165) is 10.9 Å². The molecule has 0 bridgehead atoms. The zero-order chi connectivity index (χ0) is 14.1. The minimum absolute atomic E-state index is 0.457. The van der Waals surface area contributed by atoms with Gasteiger partial charge in [0.2, 0.25) is 0 Å². The monoisotopic (exact) mass is 271 g/mol. The number of aliphatic carboxylic acids is 1. The van der Waals surface area contributed by atoms with Gasteiger partial charge in [-0.15, -0.1) is 0 Å². The van der Waals surface area contributed by atoms with Crippen molar-refractivity contribution < 1.29 is 9.90 Å². The number of carboxylic acid groups (broad SMARTS) is 1. The maximum atomic E-state index is 11.2. The van der Waals surface area contributed by atoms with Crippen molar-refractivity contribution in [2.75, 3.05) is 0 Å². The summed E-state index contributed by atoms with van der Waals surface area (Å²) in [6.07, 6.45) is 8.56. The number of carbonyl (C=O) groups is 1. The molecule has 1 atom stereocenters.